The van der Waals surface area contributed by atoms with Crippen LogP contribution < -0.4 is 20.5 Å². The van der Waals surface area contributed by atoms with Gasteiger partial charge in [-0.05, 0) is 41.3 Å². The van der Waals surface area contributed by atoms with Gasteiger partial charge < -0.3 is 24.5 Å². The summed E-state index contributed by atoms with van der Waals surface area (Å²) in [6, 6.07) is 9.54. The van der Waals surface area contributed by atoms with Gasteiger partial charge in [-0.3, -0.25) is 9.69 Å². The Bertz CT molecular complexity index is 1410. The highest BCUT2D eigenvalue weighted by molar-refractivity contribution is 5.88. The van der Waals surface area contributed by atoms with Crippen molar-refractivity contribution in [1.82, 2.24) is 14.9 Å². The predicted molar refractivity (Wildman–Crippen MR) is 132 cm³/mol. The number of nitrogens with zero attached hydrogens (tertiary/aromatic N) is 3. The molecule has 5 rings (SSSR count). The lowest BCUT2D eigenvalue weighted by atomic mass is 10.0. The van der Waals surface area contributed by atoms with Crippen molar-refractivity contribution in [2.75, 3.05) is 31.1 Å². The number of cyclic esters (lactones) is 1. The number of halogens is 1. The standard InChI is InChI=1S/C26H27FN4O5/c1-15-9-21-22(35-14-15)6-7-23(29-21)31-13-18(36-26(31)34)12-28-11-17(32)10-19-20(27)5-3-16-4-8-24(33)30(2)25(16)19/h3-8,17-18,28,32H,1,9-14H2,2H3/t17-,18-/m0/s1. The Morgan fingerprint density at radius 3 is 2.89 bits per heavy atom. The fraction of sp³-hybridized carbons (Fsp3) is 0.346. The number of amides is 1. The fourth-order valence-corrected chi connectivity index (χ4v) is 4.62. The maximum atomic E-state index is 14.6. The number of hydrogen-bond acceptors (Lipinski definition) is 7. The molecule has 2 aromatic heterocycles. The number of hydrogen-bond donors (Lipinski definition) is 2. The number of nitrogens with one attached hydrogen (secondary N) is 1. The van der Waals surface area contributed by atoms with Crippen molar-refractivity contribution in [2.24, 2.45) is 7.05 Å². The highest BCUT2D eigenvalue weighted by atomic mass is 19.1. The number of carbonyl (C=O) groups is 1. The molecular formula is C26H27FN4O5. The highest BCUT2D eigenvalue weighted by Gasteiger charge is 2.33. The molecule has 1 saturated heterocycles. The Morgan fingerprint density at radius 1 is 1.25 bits per heavy atom. The van der Waals surface area contributed by atoms with Crippen molar-refractivity contribution in [3.8, 4) is 5.75 Å². The minimum Gasteiger partial charge on any atom is -0.487 e. The molecule has 0 radical (unpaired) electrons. The van der Waals surface area contributed by atoms with E-state index in [2.05, 4.69) is 16.9 Å². The largest absolute Gasteiger partial charge is 0.487 e. The predicted octanol–water partition coefficient (Wildman–Crippen LogP) is 2.08. The van der Waals surface area contributed by atoms with Crippen LogP contribution in [0.25, 0.3) is 10.9 Å². The molecule has 0 bridgehead atoms. The number of aromatic nitrogens is 2. The lowest BCUT2D eigenvalue weighted by Crippen LogP contribution is -2.36. The third-order valence-electron chi connectivity index (χ3n) is 6.44. The molecule has 3 aromatic rings. The van der Waals surface area contributed by atoms with Crippen LogP contribution in [0.3, 0.4) is 0 Å². The number of aliphatic hydroxyl groups excluding tert-OH is 1. The highest BCUT2D eigenvalue weighted by Crippen LogP contribution is 2.29. The number of pyridine rings is 2. The van der Waals surface area contributed by atoms with E-state index in [-0.39, 0.29) is 24.1 Å². The van der Waals surface area contributed by atoms with Gasteiger partial charge in [0.1, 0.15) is 30.1 Å². The minimum atomic E-state index is -0.913. The van der Waals surface area contributed by atoms with Crippen molar-refractivity contribution in [1.29, 1.82) is 0 Å². The number of carbonyl (C=O) groups excluding carboxylic acids is 1. The quantitative estimate of drug-likeness (QED) is 0.485. The molecule has 188 valence electrons. The number of ether oxygens (including phenoxy) is 2. The summed E-state index contributed by atoms with van der Waals surface area (Å²) >= 11 is 0. The molecule has 2 aliphatic rings. The van der Waals surface area contributed by atoms with Crippen molar-refractivity contribution < 1.29 is 23.8 Å². The molecule has 0 unspecified atom stereocenters. The fourth-order valence-electron chi connectivity index (χ4n) is 4.62. The van der Waals surface area contributed by atoms with Crippen molar-refractivity contribution in [2.45, 2.75) is 25.0 Å². The monoisotopic (exact) mass is 494 g/mol. The van der Waals surface area contributed by atoms with E-state index in [1.165, 1.54) is 21.6 Å². The van der Waals surface area contributed by atoms with E-state index in [0.29, 0.717) is 43.2 Å². The topological polar surface area (TPSA) is 106 Å². The van der Waals surface area contributed by atoms with E-state index in [4.69, 9.17) is 9.47 Å². The summed E-state index contributed by atoms with van der Waals surface area (Å²) < 4.78 is 27.0. The van der Waals surface area contributed by atoms with E-state index in [1.54, 1.807) is 31.3 Å². The van der Waals surface area contributed by atoms with E-state index in [9.17, 15) is 19.1 Å². The van der Waals surface area contributed by atoms with Gasteiger partial charge in [0, 0.05) is 44.6 Å². The van der Waals surface area contributed by atoms with Gasteiger partial charge in [-0.2, -0.15) is 0 Å². The maximum Gasteiger partial charge on any atom is 0.415 e. The summed E-state index contributed by atoms with van der Waals surface area (Å²) in [5.74, 6) is 0.694. The summed E-state index contributed by atoms with van der Waals surface area (Å²) in [7, 11) is 1.58. The van der Waals surface area contributed by atoms with Gasteiger partial charge in [0.15, 0.2) is 0 Å². The summed E-state index contributed by atoms with van der Waals surface area (Å²) in [5.41, 5.74) is 2.15. The lowest BCUT2D eigenvalue weighted by molar-refractivity contribution is 0.132. The van der Waals surface area contributed by atoms with Crippen LogP contribution in [0.2, 0.25) is 0 Å². The number of benzene rings is 1. The summed E-state index contributed by atoms with van der Waals surface area (Å²) in [6.45, 7) is 5.16. The van der Waals surface area contributed by atoms with Crippen LogP contribution in [-0.4, -0.2) is 59.2 Å². The summed E-state index contributed by atoms with van der Waals surface area (Å²) in [5, 5.41) is 14.4. The van der Waals surface area contributed by atoms with Crippen molar-refractivity contribution in [3.05, 3.63) is 76.0 Å². The molecule has 4 heterocycles. The SMILES string of the molecule is C=C1COc2ccc(N3C[C@H](CNC[C@@H](O)Cc4c(F)ccc5ccc(=O)n(C)c45)OC3=O)nc2C1. The molecule has 2 aliphatic heterocycles. The molecule has 1 fully saturated rings. The molecule has 1 amide bonds. The van der Waals surface area contributed by atoms with Gasteiger partial charge >= 0.3 is 6.09 Å². The van der Waals surface area contributed by atoms with Gasteiger partial charge in [-0.1, -0.05) is 6.58 Å². The van der Waals surface area contributed by atoms with Crippen molar-refractivity contribution in [3.63, 3.8) is 0 Å². The average molecular weight is 495 g/mol. The molecule has 0 spiro atoms. The normalized spacial score (nSPS) is 18.2. The van der Waals surface area contributed by atoms with Crippen LogP contribution in [0.15, 0.2) is 53.3 Å². The first-order valence-electron chi connectivity index (χ1n) is 11.7. The molecule has 10 heteroatoms. The molecule has 0 aliphatic carbocycles. The van der Waals surface area contributed by atoms with Gasteiger partial charge in [0.25, 0.3) is 5.56 Å². The van der Waals surface area contributed by atoms with E-state index in [0.717, 1.165) is 16.7 Å². The number of aryl methyl sites for hydroxylation is 1. The third kappa shape index (κ3) is 4.69. The van der Waals surface area contributed by atoms with Crippen LogP contribution in [-0.2, 0) is 24.6 Å². The van der Waals surface area contributed by atoms with Gasteiger partial charge in [-0.25, -0.2) is 14.2 Å². The molecular weight excluding hydrogens is 467 g/mol. The molecule has 36 heavy (non-hydrogen) atoms. The van der Waals surface area contributed by atoms with Crippen molar-refractivity contribution >= 4 is 22.8 Å². The zero-order chi connectivity index (χ0) is 25.4. The molecule has 9 nitrogen and oxygen atoms in total. The summed E-state index contributed by atoms with van der Waals surface area (Å²) in [4.78, 5) is 30.5. The molecule has 2 atom stereocenters. The Balaban J connectivity index is 1.19. The first-order valence-corrected chi connectivity index (χ1v) is 11.7. The van der Waals surface area contributed by atoms with E-state index < -0.39 is 24.1 Å². The van der Waals surface area contributed by atoms with Gasteiger partial charge in [0.05, 0.1) is 23.9 Å². The number of anilines is 1. The first kappa shape index (κ1) is 24.0. The lowest BCUT2D eigenvalue weighted by Gasteiger charge is -2.20. The zero-order valence-corrected chi connectivity index (χ0v) is 19.9. The number of fused-ring (bicyclic) bond motifs is 2. The Hall–Kier alpha value is -3.76. The molecule has 2 N–H and O–H groups in total. The smallest absolute Gasteiger partial charge is 0.415 e. The number of aliphatic hydroxyl groups is 1. The first-order chi connectivity index (χ1) is 17.3. The Kier molecular flexibility index (Phi) is 6.46. The van der Waals surface area contributed by atoms with Gasteiger partial charge in [0.2, 0.25) is 0 Å². The summed E-state index contributed by atoms with van der Waals surface area (Å²) in [6.07, 6.45) is -1.23. The van der Waals surface area contributed by atoms with E-state index in [1.807, 2.05) is 0 Å². The van der Waals surface area contributed by atoms with Gasteiger partial charge in [-0.15, -0.1) is 0 Å². The van der Waals surface area contributed by atoms with E-state index >= 15 is 0 Å². The second-order valence-electron chi connectivity index (χ2n) is 9.16. The number of rotatable bonds is 7. The van der Waals surface area contributed by atoms with Crippen LogP contribution in [0.1, 0.15) is 11.3 Å². The Labute approximate surface area is 206 Å². The second kappa shape index (κ2) is 9.71. The Morgan fingerprint density at radius 2 is 2.06 bits per heavy atom. The average Bonchev–Trinajstić information content (AvgIpc) is 3.22. The minimum absolute atomic E-state index is 0.0243. The molecule has 1 aromatic carbocycles. The van der Waals surface area contributed by atoms with Crippen LogP contribution >= 0.6 is 0 Å². The zero-order valence-electron chi connectivity index (χ0n) is 19.9. The molecule has 0 saturated carbocycles. The van der Waals surface area contributed by atoms with Crippen LogP contribution in [0, 0.1) is 5.82 Å². The maximum absolute atomic E-state index is 14.6. The second-order valence-corrected chi connectivity index (χ2v) is 9.16. The third-order valence-corrected chi connectivity index (χ3v) is 6.44. The van der Waals surface area contributed by atoms with Crippen LogP contribution in [0.4, 0.5) is 15.0 Å². The van der Waals surface area contributed by atoms with Crippen LogP contribution in [0.5, 0.6) is 5.75 Å².